The van der Waals surface area contributed by atoms with Crippen molar-refractivity contribution in [3.05, 3.63) is 35.9 Å². The molecule has 4 nitrogen and oxygen atoms in total. The van der Waals surface area contributed by atoms with Crippen LogP contribution in [0.25, 0.3) is 0 Å². The third kappa shape index (κ3) is 4.42. The summed E-state index contributed by atoms with van der Waals surface area (Å²) < 4.78 is 0. The Morgan fingerprint density at radius 3 is 2.69 bits per heavy atom. The van der Waals surface area contributed by atoms with Crippen molar-refractivity contribution in [2.45, 2.75) is 25.8 Å². The SMILES string of the molecule is CCCC(NOCC(N)=O)c1ccccc1. The molecule has 1 aromatic carbocycles. The van der Waals surface area contributed by atoms with Gasteiger partial charge in [0.1, 0.15) is 6.61 Å². The van der Waals surface area contributed by atoms with Crippen LogP contribution in [0.4, 0.5) is 0 Å². The van der Waals surface area contributed by atoms with Crippen LogP contribution < -0.4 is 11.2 Å². The molecule has 0 aliphatic rings. The smallest absolute Gasteiger partial charge is 0.245 e. The van der Waals surface area contributed by atoms with E-state index in [2.05, 4.69) is 12.4 Å². The average Bonchev–Trinajstić information content (AvgIpc) is 2.29. The molecule has 0 radical (unpaired) electrons. The minimum atomic E-state index is -0.476. The molecule has 4 heteroatoms. The second-order valence-electron chi connectivity index (χ2n) is 3.62. The molecule has 0 saturated heterocycles. The quantitative estimate of drug-likeness (QED) is 0.688. The van der Waals surface area contributed by atoms with Crippen molar-refractivity contribution in [1.82, 2.24) is 5.48 Å². The van der Waals surface area contributed by atoms with Gasteiger partial charge in [0, 0.05) is 0 Å². The number of hydroxylamine groups is 1. The monoisotopic (exact) mass is 222 g/mol. The molecule has 3 N–H and O–H groups in total. The molecular weight excluding hydrogens is 204 g/mol. The minimum absolute atomic E-state index is 0.102. The molecule has 16 heavy (non-hydrogen) atoms. The first kappa shape index (κ1) is 12.7. The lowest BCUT2D eigenvalue weighted by Crippen LogP contribution is -2.27. The Balaban J connectivity index is 2.51. The van der Waals surface area contributed by atoms with Crippen LogP contribution in [0.3, 0.4) is 0 Å². The maximum absolute atomic E-state index is 10.5. The molecule has 1 atom stereocenters. The molecule has 0 spiro atoms. The van der Waals surface area contributed by atoms with E-state index in [0.717, 1.165) is 18.4 Å². The van der Waals surface area contributed by atoms with Crippen LogP contribution in [0, 0.1) is 0 Å². The Bertz CT molecular complexity index is 314. The molecule has 0 bridgehead atoms. The summed E-state index contributed by atoms with van der Waals surface area (Å²) in [5.41, 5.74) is 9.00. The van der Waals surface area contributed by atoms with Crippen molar-refractivity contribution in [3.8, 4) is 0 Å². The van der Waals surface area contributed by atoms with Gasteiger partial charge in [0.05, 0.1) is 6.04 Å². The molecule has 1 rings (SSSR count). The Morgan fingerprint density at radius 1 is 1.44 bits per heavy atom. The summed E-state index contributed by atoms with van der Waals surface area (Å²) >= 11 is 0. The zero-order valence-corrected chi connectivity index (χ0v) is 9.48. The van der Waals surface area contributed by atoms with Gasteiger partial charge in [0.2, 0.25) is 5.91 Å². The summed E-state index contributed by atoms with van der Waals surface area (Å²) in [6.07, 6.45) is 1.98. The Morgan fingerprint density at radius 2 is 2.12 bits per heavy atom. The molecule has 1 aromatic rings. The summed E-state index contributed by atoms with van der Waals surface area (Å²) in [5.74, 6) is -0.476. The van der Waals surface area contributed by atoms with E-state index in [1.807, 2.05) is 30.3 Å². The average molecular weight is 222 g/mol. The lowest BCUT2D eigenvalue weighted by atomic mass is 10.0. The van der Waals surface area contributed by atoms with Crippen LogP contribution in [0.5, 0.6) is 0 Å². The summed E-state index contributed by atoms with van der Waals surface area (Å²) in [6, 6.07) is 10.1. The largest absolute Gasteiger partial charge is 0.368 e. The van der Waals surface area contributed by atoms with E-state index in [-0.39, 0.29) is 12.6 Å². The molecule has 1 amide bonds. The number of rotatable bonds is 7. The highest BCUT2D eigenvalue weighted by atomic mass is 16.6. The van der Waals surface area contributed by atoms with Gasteiger partial charge in [-0.25, -0.2) is 0 Å². The standard InChI is InChI=1S/C12H18N2O2/c1-2-6-11(14-16-9-12(13)15)10-7-4-3-5-8-10/h3-5,7-8,11,14H,2,6,9H2,1H3,(H2,13,15). The van der Waals surface area contributed by atoms with E-state index in [1.165, 1.54) is 0 Å². The third-order valence-electron chi connectivity index (χ3n) is 2.22. The zero-order chi connectivity index (χ0) is 11.8. The number of carbonyl (C=O) groups is 1. The lowest BCUT2D eigenvalue weighted by Gasteiger charge is -2.17. The number of benzene rings is 1. The van der Waals surface area contributed by atoms with Crippen LogP contribution in [-0.2, 0) is 9.63 Å². The van der Waals surface area contributed by atoms with Crippen LogP contribution in [0.15, 0.2) is 30.3 Å². The van der Waals surface area contributed by atoms with E-state index >= 15 is 0 Å². The van der Waals surface area contributed by atoms with E-state index in [4.69, 9.17) is 10.6 Å². The number of nitrogens with two attached hydrogens (primary N) is 1. The van der Waals surface area contributed by atoms with Crippen molar-refractivity contribution in [3.63, 3.8) is 0 Å². The molecule has 0 aliphatic carbocycles. The molecule has 0 heterocycles. The predicted octanol–water partition coefficient (Wildman–Crippen LogP) is 1.53. The van der Waals surface area contributed by atoms with E-state index in [9.17, 15) is 4.79 Å². The normalized spacial score (nSPS) is 12.3. The van der Waals surface area contributed by atoms with Gasteiger partial charge in [-0.2, -0.15) is 5.48 Å². The number of carbonyl (C=O) groups excluding carboxylic acids is 1. The summed E-state index contributed by atoms with van der Waals surface area (Å²) in [4.78, 5) is 15.6. The van der Waals surface area contributed by atoms with Gasteiger partial charge < -0.3 is 5.73 Å². The Hall–Kier alpha value is -1.39. The zero-order valence-electron chi connectivity index (χ0n) is 9.48. The van der Waals surface area contributed by atoms with Gasteiger partial charge in [-0.1, -0.05) is 43.7 Å². The molecule has 1 unspecified atom stereocenters. The van der Waals surface area contributed by atoms with Crippen molar-refractivity contribution in [2.75, 3.05) is 6.61 Å². The number of hydrogen-bond donors (Lipinski definition) is 2. The van der Waals surface area contributed by atoms with Crippen molar-refractivity contribution in [2.24, 2.45) is 5.73 Å². The fourth-order valence-electron chi connectivity index (χ4n) is 1.48. The van der Waals surface area contributed by atoms with Crippen LogP contribution in [0.1, 0.15) is 31.4 Å². The molecule has 0 saturated carbocycles. The minimum Gasteiger partial charge on any atom is -0.368 e. The fourth-order valence-corrected chi connectivity index (χ4v) is 1.48. The molecule has 0 aromatic heterocycles. The Labute approximate surface area is 95.7 Å². The van der Waals surface area contributed by atoms with Crippen molar-refractivity contribution in [1.29, 1.82) is 0 Å². The predicted molar refractivity (Wildman–Crippen MR) is 62.4 cm³/mol. The number of amides is 1. The first-order chi connectivity index (χ1) is 7.74. The summed E-state index contributed by atoms with van der Waals surface area (Å²) in [7, 11) is 0. The molecular formula is C12H18N2O2. The number of nitrogens with one attached hydrogen (secondary N) is 1. The molecule has 0 aliphatic heterocycles. The first-order valence-corrected chi connectivity index (χ1v) is 5.44. The highest BCUT2D eigenvalue weighted by molar-refractivity contribution is 5.74. The Kier molecular flexibility index (Phi) is 5.53. The van der Waals surface area contributed by atoms with Gasteiger partial charge in [0.25, 0.3) is 0 Å². The van der Waals surface area contributed by atoms with Crippen molar-refractivity contribution >= 4 is 5.91 Å². The molecule has 0 fully saturated rings. The van der Waals surface area contributed by atoms with Gasteiger partial charge in [-0.05, 0) is 12.0 Å². The molecule has 88 valence electrons. The lowest BCUT2D eigenvalue weighted by molar-refractivity contribution is -0.126. The van der Waals surface area contributed by atoms with Crippen LogP contribution >= 0.6 is 0 Å². The maximum atomic E-state index is 10.5. The summed E-state index contributed by atoms with van der Waals surface area (Å²) in [6.45, 7) is 2.00. The third-order valence-corrected chi connectivity index (χ3v) is 2.22. The van der Waals surface area contributed by atoms with Gasteiger partial charge >= 0.3 is 0 Å². The van der Waals surface area contributed by atoms with Crippen LogP contribution in [-0.4, -0.2) is 12.5 Å². The highest BCUT2D eigenvalue weighted by Gasteiger charge is 2.09. The fraction of sp³-hybridized carbons (Fsp3) is 0.417. The van der Waals surface area contributed by atoms with Gasteiger partial charge in [0.15, 0.2) is 0 Å². The van der Waals surface area contributed by atoms with E-state index in [1.54, 1.807) is 0 Å². The summed E-state index contributed by atoms with van der Waals surface area (Å²) in [5, 5.41) is 0. The maximum Gasteiger partial charge on any atom is 0.245 e. The number of hydrogen-bond acceptors (Lipinski definition) is 3. The first-order valence-electron chi connectivity index (χ1n) is 5.44. The number of primary amides is 1. The second kappa shape index (κ2) is 6.98. The van der Waals surface area contributed by atoms with E-state index in [0.29, 0.717) is 0 Å². The van der Waals surface area contributed by atoms with Crippen molar-refractivity contribution < 1.29 is 9.63 Å². The highest BCUT2D eigenvalue weighted by Crippen LogP contribution is 2.17. The van der Waals surface area contributed by atoms with E-state index < -0.39 is 5.91 Å². The second-order valence-corrected chi connectivity index (χ2v) is 3.62. The van der Waals surface area contributed by atoms with Gasteiger partial charge in [-0.15, -0.1) is 0 Å². The topological polar surface area (TPSA) is 64.3 Å². The van der Waals surface area contributed by atoms with Gasteiger partial charge in [-0.3, -0.25) is 9.63 Å². The van der Waals surface area contributed by atoms with Crippen LogP contribution in [0.2, 0.25) is 0 Å².